The number of amides is 3. The lowest BCUT2D eigenvalue weighted by atomic mass is 10.0. The first-order chi connectivity index (χ1) is 10.5. The molecule has 0 unspecified atom stereocenters. The molecule has 1 heterocycles. The molecule has 1 aromatic carbocycles. The first-order valence-electron chi connectivity index (χ1n) is 7.59. The van der Waals surface area contributed by atoms with Gasteiger partial charge in [-0.1, -0.05) is 37.3 Å². The summed E-state index contributed by atoms with van der Waals surface area (Å²) in [6, 6.07) is 9.52. The molecule has 0 aromatic heterocycles. The van der Waals surface area contributed by atoms with Gasteiger partial charge in [-0.25, -0.2) is 4.79 Å². The number of hydrogen-bond donors (Lipinski definition) is 2. The van der Waals surface area contributed by atoms with Crippen molar-refractivity contribution in [2.75, 3.05) is 12.3 Å². The van der Waals surface area contributed by atoms with Gasteiger partial charge < -0.3 is 16.0 Å². The van der Waals surface area contributed by atoms with Crippen LogP contribution in [0.4, 0.5) is 4.79 Å². The van der Waals surface area contributed by atoms with Crippen LogP contribution in [-0.4, -0.2) is 39.9 Å². The van der Waals surface area contributed by atoms with Crippen molar-refractivity contribution in [3.8, 4) is 0 Å². The van der Waals surface area contributed by atoms with E-state index in [0.29, 0.717) is 24.6 Å². The third kappa shape index (κ3) is 2.79. The Kier molecular flexibility index (Phi) is 4.04. The molecule has 6 heteroatoms. The van der Waals surface area contributed by atoms with E-state index in [1.807, 2.05) is 34.9 Å². The zero-order valence-corrected chi connectivity index (χ0v) is 13.4. The van der Waals surface area contributed by atoms with E-state index < -0.39 is 11.6 Å². The highest BCUT2D eigenvalue weighted by Gasteiger charge is 2.54. The number of benzene rings is 1. The zero-order valence-electron chi connectivity index (χ0n) is 12.6. The van der Waals surface area contributed by atoms with Crippen molar-refractivity contribution >= 4 is 23.7 Å². The SMILES string of the molecule is C[C@H]1SCCN(C(=O)C2(NC(N)=O)CC2)[C@@H]1c1ccccc1. The van der Waals surface area contributed by atoms with Crippen LogP contribution in [0.3, 0.4) is 0 Å². The molecule has 3 rings (SSSR count). The molecule has 22 heavy (non-hydrogen) atoms. The molecule has 0 spiro atoms. The maximum atomic E-state index is 13.0. The molecule has 1 aromatic rings. The molecular weight excluding hydrogens is 298 g/mol. The van der Waals surface area contributed by atoms with E-state index >= 15 is 0 Å². The van der Waals surface area contributed by atoms with Gasteiger partial charge >= 0.3 is 6.03 Å². The summed E-state index contributed by atoms with van der Waals surface area (Å²) in [4.78, 5) is 26.1. The molecule has 1 saturated carbocycles. The molecule has 0 bridgehead atoms. The number of primary amides is 1. The van der Waals surface area contributed by atoms with Gasteiger partial charge in [0.05, 0.1) is 6.04 Å². The number of nitrogens with two attached hydrogens (primary N) is 1. The van der Waals surface area contributed by atoms with Crippen LogP contribution >= 0.6 is 11.8 Å². The van der Waals surface area contributed by atoms with Gasteiger partial charge in [0.25, 0.3) is 0 Å². The fourth-order valence-corrected chi connectivity index (χ4v) is 4.34. The lowest BCUT2D eigenvalue weighted by molar-refractivity contribution is -0.136. The van der Waals surface area contributed by atoms with Crippen molar-refractivity contribution in [3.05, 3.63) is 35.9 Å². The third-order valence-corrected chi connectivity index (χ3v) is 5.62. The number of carbonyl (C=O) groups excluding carboxylic acids is 2. The van der Waals surface area contributed by atoms with Gasteiger partial charge in [-0.05, 0) is 18.4 Å². The number of hydrogen-bond acceptors (Lipinski definition) is 3. The molecule has 118 valence electrons. The first kappa shape index (κ1) is 15.2. The predicted octanol–water partition coefficient (Wildman–Crippen LogP) is 1.89. The molecule has 2 atom stereocenters. The average molecular weight is 319 g/mol. The molecule has 5 nitrogen and oxygen atoms in total. The van der Waals surface area contributed by atoms with Gasteiger partial charge in [-0.2, -0.15) is 11.8 Å². The third-order valence-electron chi connectivity index (χ3n) is 4.42. The molecule has 3 N–H and O–H groups in total. The lowest BCUT2D eigenvalue weighted by Gasteiger charge is -2.41. The highest BCUT2D eigenvalue weighted by atomic mass is 32.2. The molecule has 1 aliphatic carbocycles. The summed E-state index contributed by atoms with van der Waals surface area (Å²) in [6.07, 6.45) is 1.35. The fraction of sp³-hybridized carbons (Fsp3) is 0.500. The van der Waals surface area contributed by atoms with E-state index in [0.717, 1.165) is 11.3 Å². The van der Waals surface area contributed by atoms with E-state index in [1.54, 1.807) is 0 Å². The largest absolute Gasteiger partial charge is 0.352 e. The summed E-state index contributed by atoms with van der Waals surface area (Å²) in [7, 11) is 0. The normalized spacial score (nSPS) is 26.3. The molecule has 3 amide bonds. The molecule has 0 radical (unpaired) electrons. The summed E-state index contributed by atoms with van der Waals surface area (Å²) in [5, 5.41) is 2.98. The van der Waals surface area contributed by atoms with Crippen LogP contribution in [0.2, 0.25) is 0 Å². The molecule has 1 aliphatic heterocycles. The maximum Gasteiger partial charge on any atom is 0.313 e. The van der Waals surface area contributed by atoms with Gasteiger partial charge in [0, 0.05) is 17.5 Å². The first-order valence-corrected chi connectivity index (χ1v) is 8.64. The Morgan fingerprint density at radius 1 is 1.32 bits per heavy atom. The van der Waals surface area contributed by atoms with Crippen LogP contribution < -0.4 is 11.1 Å². The van der Waals surface area contributed by atoms with Gasteiger partial charge in [0.15, 0.2) is 0 Å². The van der Waals surface area contributed by atoms with Crippen LogP contribution in [0.25, 0.3) is 0 Å². The van der Waals surface area contributed by atoms with Crippen molar-refractivity contribution in [2.24, 2.45) is 5.73 Å². The molecule has 2 aliphatic rings. The Hall–Kier alpha value is -1.69. The van der Waals surface area contributed by atoms with Gasteiger partial charge in [-0.15, -0.1) is 0 Å². The average Bonchev–Trinajstić information content (AvgIpc) is 3.27. The quantitative estimate of drug-likeness (QED) is 0.893. The van der Waals surface area contributed by atoms with E-state index in [9.17, 15) is 9.59 Å². The van der Waals surface area contributed by atoms with Crippen LogP contribution in [-0.2, 0) is 4.79 Å². The van der Waals surface area contributed by atoms with Crippen LogP contribution in [0.5, 0.6) is 0 Å². The Morgan fingerprint density at radius 3 is 2.59 bits per heavy atom. The zero-order chi connectivity index (χ0) is 15.7. The summed E-state index contributed by atoms with van der Waals surface area (Å²) >= 11 is 1.88. The standard InChI is InChI=1S/C16H21N3O2S/c1-11-13(12-5-3-2-4-6-12)19(9-10-22-11)14(20)16(7-8-16)18-15(17)21/h2-6,11,13H,7-10H2,1H3,(H3,17,18,21)/t11-,13+/m1/s1. The van der Waals surface area contributed by atoms with Crippen LogP contribution in [0.15, 0.2) is 30.3 Å². The summed E-state index contributed by atoms with van der Waals surface area (Å²) in [5.41, 5.74) is 5.61. The topological polar surface area (TPSA) is 75.4 Å². The van der Waals surface area contributed by atoms with E-state index in [-0.39, 0.29) is 11.9 Å². The fourth-order valence-electron chi connectivity index (χ4n) is 3.18. The van der Waals surface area contributed by atoms with E-state index in [1.165, 1.54) is 0 Å². The maximum absolute atomic E-state index is 13.0. The molecule has 2 fully saturated rings. The van der Waals surface area contributed by atoms with Crippen molar-refractivity contribution in [1.82, 2.24) is 10.2 Å². The Bertz CT molecular complexity index is 574. The number of thioether (sulfide) groups is 1. The second kappa shape index (κ2) is 5.83. The monoisotopic (exact) mass is 319 g/mol. The van der Waals surface area contributed by atoms with Gasteiger partial charge in [-0.3, -0.25) is 4.79 Å². The molecular formula is C16H21N3O2S. The minimum absolute atomic E-state index is 0.00676. The van der Waals surface area contributed by atoms with E-state index in [4.69, 9.17) is 5.73 Å². The number of nitrogens with zero attached hydrogens (tertiary/aromatic N) is 1. The summed E-state index contributed by atoms with van der Waals surface area (Å²) < 4.78 is 0. The number of carbonyl (C=O) groups is 2. The Labute approximate surface area is 134 Å². The van der Waals surface area contributed by atoms with Crippen LogP contribution in [0, 0.1) is 0 Å². The Balaban J connectivity index is 1.87. The van der Waals surface area contributed by atoms with E-state index in [2.05, 4.69) is 24.4 Å². The van der Waals surface area contributed by atoms with Crippen molar-refractivity contribution in [2.45, 2.75) is 36.6 Å². The number of nitrogens with one attached hydrogen (secondary N) is 1. The minimum Gasteiger partial charge on any atom is -0.352 e. The predicted molar refractivity (Wildman–Crippen MR) is 87.5 cm³/mol. The van der Waals surface area contributed by atoms with Gasteiger partial charge in [0.2, 0.25) is 5.91 Å². The van der Waals surface area contributed by atoms with Crippen molar-refractivity contribution in [1.29, 1.82) is 0 Å². The van der Waals surface area contributed by atoms with Gasteiger partial charge in [0.1, 0.15) is 5.54 Å². The van der Waals surface area contributed by atoms with Crippen LogP contribution in [0.1, 0.15) is 31.4 Å². The minimum atomic E-state index is -0.763. The smallest absolute Gasteiger partial charge is 0.313 e. The number of urea groups is 1. The second-order valence-corrected chi connectivity index (χ2v) is 7.49. The highest BCUT2D eigenvalue weighted by Crippen LogP contribution is 2.43. The number of rotatable bonds is 3. The highest BCUT2D eigenvalue weighted by molar-refractivity contribution is 8.00. The van der Waals surface area contributed by atoms with Crippen molar-refractivity contribution in [3.63, 3.8) is 0 Å². The Morgan fingerprint density at radius 2 is 2.00 bits per heavy atom. The lowest BCUT2D eigenvalue weighted by Crippen LogP contribution is -2.55. The molecule has 1 saturated heterocycles. The summed E-state index contributed by atoms with van der Waals surface area (Å²) in [5.74, 6) is 0.926. The van der Waals surface area contributed by atoms with Crippen molar-refractivity contribution < 1.29 is 9.59 Å². The summed E-state index contributed by atoms with van der Waals surface area (Å²) in [6.45, 7) is 2.86. The second-order valence-electron chi connectivity index (χ2n) is 6.00.